The van der Waals surface area contributed by atoms with Crippen LogP contribution in [0.2, 0.25) is 0 Å². The fourth-order valence-corrected chi connectivity index (χ4v) is 3.35. The first-order valence-corrected chi connectivity index (χ1v) is 6.90. The summed E-state index contributed by atoms with van der Waals surface area (Å²) in [7, 11) is 0. The van der Waals surface area contributed by atoms with Crippen molar-refractivity contribution in [2.75, 3.05) is 31.1 Å². The first kappa shape index (κ1) is 11.9. The predicted octanol–water partition coefficient (Wildman–Crippen LogP) is 1.56. The van der Waals surface area contributed by atoms with Crippen LogP contribution in [0, 0.1) is 18.8 Å². The number of aryl methyl sites for hydroxylation is 1. The van der Waals surface area contributed by atoms with Crippen molar-refractivity contribution in [1.29, 1.82) is 0 Å². The van der Waals surface area contributed by atoms with Gasteiger partial charge in [0.25, 0.3) is 0 Å². The molecule has 0 bridgehead atoms. The third-order valence-corrected chi connectivity index (χ3v) is 4.41. The monoisotopic (exact) mass is 246 g/mol. The Labute approximate surface area is 109 Å². The number of likely N-dealkylation sites (tertiary alicyclic amines) is 1. The molecule has 0 saturated carbocycles. The van der Waals surface area contributed by atoms with E-state index >= 15 is 0 Å². The fraction of sp³-hybridized carbons (Fsp3) is 0.714. The molecule has 4 nitrogen and oxygen atoms in total. The minimum Gasteiger partial charge on any atom is -0.356 e. The van der Waals surface area contributed by atoms with Crippen LogP contribution in [0.3, 0.4) is 0 Å². The van der Waals surface area contributed by atoms with E-state index in [9.17, 15) is 0 Å². The molecule has 98 valence electrons. The summed E-state index contributed by atoms with van der Waals surface area (Å²) < 4.78 is 0. The molecule has 0 aliphatic carbocycles. The number of aromatic nitrogens is 2. The van der Waals surface area contributed by atoms with E-state index in [0.29, 0.717) is 6.04 Å². The van der Waals surface area contributed by atoms with Crippen LogP contribution in [-0.2, 0) is 0 Å². The van der Waals surface area contributed by atoms with Crippen molar-refractivity contribution in [2.45, 2.75) is 26.8 Å². The van der Waals surface area contributed by atoms with Crippen LogP contribution in [0.5, 0.6) is 0 Å². The Morgan fingerprint density at radius 2 is 1.83 bits per heavy atom. The van der Waals surface area contributed by atoms with E-state index in [0.717, 1.165) is 30.7 Å². The highest BCUT2D eigenvalue weighted by molar-refractivity contribution is 5.46. The third-order valence-electron chi connectivity index (χ3n) is 4.41. The second kappa shape index (κ2) is 4.50. The minimum absolute atomic E-state index is 0.685. The molecule has 0 aromatic carbocycles. The van der Waals surface area contributed by atoms with Gasteiger partial charge in [0.15, 0.2) is 0 Å². The lowest BCUT2D eigenvalue weighted by atomic mass is 10.0. The number of hydrogen-bond acceptors (Lipinski definition) is 4. The summed E-state index contributed by atoms with van der Waals surface area (Å²) in [5.74, 6) is 2.78. The largest absolute Gasteiger partial charge is 0.356 e. The molecule has 4 heteroatoms. The molecular weight excluding hydrogens is 224 g/mol. The van der Waals surface area contributed by atoms with Crippen molar-refractivity contribution in [3.8, 4) is 0 Å². The molecule has 2 aliphatic heterocycles. The second-order valence-corrected chi connectivity index (χ2v) is 6.00. The smallest absolute Gasteiger partial charge is 0.134 e. The Kier molecular flexibility index (Phi) is 2.98. The van der Waals surface area contributed by atoms with Gasteiger partial charge in [0.05, 0.1) is 0 Å². The van der Waals surface area contributed by atoms with Crippen molar-refractivity contribution >= 4 is 5.82 Å². The molecule has 0 N–H and O–H groups in total. The minimum atomic E-state index is 0.685. The predicted molar refractivity (Wildman–Crippen MR) is 72.7 cm³/mol. The average Bonchev–Trinajstić information content (AvgIpc) is 2.87. The molecule has 1 aromatic heterocycles. The van der Waals surface area contributed by atoms with E-state index in [-0.39, 0.29) is 0 Å². The molecule has 0 radical (unpaired) electrons. The normalized spacial score (nSPS) is 28.1. The van der Waals surface area contributed by atoms with Crippen molar-refractivity contribution in [1.82, 2.24) is 14.9 Å². The van der Waals surface area contributed by atoms with E-state index in [1.165, 1.54) is 18.7 Å². The van der Waals surface area contributed by atoms with Crippen LogP contribution in [-0.4, -0.2) is 47.1 Å². The van der Waals surface area contributed by atoms with Gasteiger partial charge >= 0.3 is 0 Å². The number of hydrogen-bond donors (Lipinski definition) is 0. The Hall–Kier alpha value is -1.16. The quantitative estimate of drug-likeness (QED) is 0.793. The third kappa shape index (κ3) is 1.99. The fourth-order valence-electron chi connectivity index (χ4n) is 3.35. The molecule has 2 saturated heterocycles. The second-order valence-electron chi connectivity index (χ2n) is 6.00. The van der Waals surface area contributed by atoms with Gasteiger partial charge in [-0.2, -0.15) is 0 Å². The van der Waals surface area contributed by atoms with Crippen LogP contribution in [0.4, 0.5) is 5.82 Å². The van der Waals surface area contributed by atoms with Gasteiger partial charge in [0.1, 0.15) is 12.1 Å². The van der Waals surface area contributed by atoms with Gasteiger partial charge in [-0.3, -0.25) is 0 Å². The van der Waals surface area contributed by atoms with Crippen LogP contribution < -0.4 is 4.90 Å². The van der Waals surface area contributed by atoms with E-state index in [2.05, 4.69) is 40.5 Å². The van der Waals surface area contributed by atoms with Crippen LogP contribution >= 0.6 is 0 Å². The highest BCUT2D eigenvalue weighted by Crippen LogP contribution is 2.34. The van der Waals surface area contributed by atoms with Gasteiger partial charge in [-0.15, -0.1) is 0 Å². The van der Waals surface area contributed by atoms with Gasteiger partial charge in [0, 0.05) is 44.0 Å². The molecule has 18 heavy (non-hydrogen) atoms. The van der Waals surface area contributed by atoms with Gasteiger partial charge in [0.2, 0.25) is 0 Å². The van der Waals surface area contributed by atoms with Crippen LogP contribution in [0.25, 0.3) is 0 Å². The van der Waals surface area contributed by atoms with Crippen molar-refractivity contribution < 1.29 is 0 Å². The van der Waals surface area contributed by atoms with E-state index in [1.54, 1.807) is 6.33 Å². The summed E-state index contributed by atoms with van der Waals surface area (Å²) in [6.07, 6.45) is 3.58. The maximum Gasteiger partial charge on any atom is 0.134 e. The maximum absolute atomic E-state index is 4.44. The Morgan fingerprint density at radius 3 is 2.39 bits per heavy atom. The number of anilines is 1. The van der Waals surface area contributed by atoms with Crippen LogP contribution in [0.15, 0.2) is 12.5 Å². The van der Waals surface area contributed by atoms with Crippen LogP contribution in [0.1, 0.15) is 19.4 Å². The van der Waals surface area contributed by atoms with E-state index in [1.807, 2.05) is 6.20 Å². The number of nitrogens with zero attached hydrogens (tertiary/aromatic N) is 4. The molecule has 1 aromatic rings. The van der Waals surface area contributed by atoms with Gasteiger partial charge in [-0.05, 0) is 32.6 Å². The van der Waals surface area contributed by atoms with Gasteiger partial charge < -0.3 is 9.80 Å². The highest BCUT2D eigenvalue weighted by Gasteiger charge is 2.41. The summed E-state index contributed by atoms with van der Waals surface area (Å²) in [5, 5.41) is 0. The van der Waals surface area contributed by atoms with Crippen molar-refractivity contribution in [3.05, 3.63) is 18.1 Å². The molecule has 0 amide bonds. The van der Waals surface area contributed by atoms with Crippen molar-refractivity contribution in [3.63, 3.8) is 0 Å². The van der Waals surface area contributed by atoms with E-state index in [4.69, 9.17) is 0 Å². The summed E-state index contributed by atoms with van der Waals surface area (Å²) in [6.45, 7) is 11.5. The first-order valence-electron chi connectivity index (χ1n) is 6.90. The lowest BCUT2D eigenvalue weighted by molar-refractivity contribution is 0.258. The first-order chi connectivity index (χ1) is 8.65. The average molecular weight is 246 g/mol. The zero-order chi connectivity index (χ0) is 12.7. The lowest BCUT2D eigenvalue weighted by Crippen LogP contribution is -2.33. The lowest BCUT2D eigenvalue weighted by Gasteiger charge is -2.25. The molecule has 2 unspecified atom stereocenters. The van der Waals surface area contributed by atoms with E-state index < -0.39 is 0 Å². The molecule has 0 spiro atoms. The van der Waals surface area contributed by atoms with Gasteiger partial charge in [-0.1, -0.05) is 0 Å². The Bertz CT molecular complexity index is 418. The Balaban J connectivity index is 1.70. The molecule has 3 heterocycles. The number of fused-ring (bicyclic) bond motifs is 1. The summed E-state index contributed by atoms with van der Waals surface area (Å²) in [4.78, 5) is 13.6. The molecule has 2 atom stereocenters. The Morgan fingerprint density at radius 1 is 1.17 bits per heavy atom. The SMILES string of the molecule is Cc1cncnc1N1CC2CN(C(C)C)CC2C1. The number of rotatable bonds is 2. The summed E-state index contributed by atoms with van der Waals surface area (Å²) in [6, 6.07) is 0.685. The zero-order valence-corrected chi connectivity index (χ0v) is 11.5. The summed E-state index contributed by atoms with van der Waals surface area (Å²) >= 11 is 0. The zero-order valence-electron chi connectivity index (χ0n) is 11.5. The summed E-state index contributed by atoms with van der Waals surface area (Å²) in [5.41, 5.74) is 1.19. The molecule has 2 fully saturated rings. The van der Waals surface area contributed by atoms with Crippen molar-refractivity contribution in [2.24, 2.45) is 11.8 Å². The maximum atomic E-state index is 4.44. The molecule has 3 rings (SSSR count). The molecular formula is C14H22N4. The molecule has 2 aliphatic rings. The standard InChI is InChI=1S/C14H22N4/c1-10(2)17-5-12-7-18(8-13(12)6-17)14-11(3)4-15-9-16-14/h4,9-10,12-13H,5-8H2,1-3H3. The highest BCUT2D eigenvalue weighted by atomic mass is 15.3. The van der Waals surface area contributed by atoms with Gasteiger partial charge in [-0.25, -0.2) is 9.97 Å². The topological polar surface area (TPSA) is 32.3 Å².